The summed E-state index contributed by atoms with van der Waals surface area (Å²) >= 11 is 15.6. The summed E-state index contributed by atoms with van der Waals surface area (Å²) < 4.78 is 6.77. The molecule has 0 saturated carbocycles. The summed E-state index contributed by atoms with van der Waals surface area (Å²) in [6.45, 7) is 0.230. The van der Waals surface area contributed by atoms with Gasteiger partial charge in [0.1, 0.15) is 12.4 Å². The van der Waals surface area contributed by atoms with E-state index in [0.29, 0.717) is 32.5 Å². The summed E-state index contributed by atoms with van der Waals surface area (Å²) in [4.78, 5) is 11.0. The van der Waals surface area contributed by atoms with Crippen LogP contribution in [-0.4, -0.2) is 11.1 Å². The molecule has 1 N–H and O–H groups in total. The first-order valence-electron chi connectivity index (χ1n) is 8.69. The fraction of sp³-hybridized carbons (Fsp3) is 0.0435. The predicted molar refractivity (Wildman–Crippen MR) is 122 cm³/mol. The van der Waals surface area contributed by atoms with Crippen molar-refractivity contribution in [2.75, 3.05) is 0 Å². The molecule has 3 aromatic carbocycles. The third-order valence-electron chi connectivity index (χ3n) is 4.23. The third-order valence-corrected chi connectivity index (χ3v) is 5.31. The van der Waals surface area contributed by atoms with E-state index in [-0.39, 0.29) is 12.2 Å². The smallest absolute Gasteiger partial charge is 0.335 e. The molecule has 0 saturated heterocycles. The van der Waals surface area contributed by atoms with Crippen molar-refractivity contribution in [2.45, 2.75) is 6.61 Å². The molecule has 0 spiro atoms. The zero-order valence-electron chi connectivity index (χ0n) is 15.4. The topological polar surface area (TPSA) is 70.3 Å². The Balaban J connectivity index is 1.91. The number of nitrogens with zero attached hydrogens (tertiary/aromatic N) is 1. The van der Waals surface area contributed by atoms with Gasteiger partial charge in [-0.3, -0.25) is 0 Å². The van der Waals surface area contributed by atoms with Crippen molar-refractivity contribution in [3.05, 3.63) is 97.4 Å². The van der Waals surface area contributed by atoms with Gasteiger partial charge in [0.15, 0.2) is 0 Å². The first-order valence-corrected chi connectivity index (χ1v) is 10.2. The van der Waals surface area contributed by atoms with Crippen LogP contribution >= 0.6 is 39.1 Å². The van der Waals surface area contributed by atoms with Crippen LogP contribution in [0.25, 0.3) is 11.6 Å². The Hall–Kier alpha value is -2.78. The standard InChI is InChI=1S/C23H14BrCl2NO3/c24-19-6-8-22(30-13-16-5-7-20(25)11-21(16)26)17(10-19)9-18(12-27)14-1-3-15(4-2-14)23(28)29/h1-11H,13H2,(H,28,29)/b18-9-. The van der Waals surface area contributed by atoms with Crippen LogP contribution < -0.4 is 4.74 Å². The molecular weight excluding hydrogens is 489 g/mol. The van der Waals surface area contributed by atoms with E-state index in [4.69, 9.17) is 33.0 Å². The number of carboxylic acids is 1. The number of hydrogen-bond donors (Lipinski definition) is 1. The average Bonchev–Trinajstić information content (AvgIpc) is 2.72. The SMILES string of the molecule is N#C/C(=C/c1cc(Br)ccc1OCc1ccc(Cl)cc1Cl)c1ccc(C(=O)O)cc1. The summed E-state index contributed by atoms with van der Waals surface area (Å²) in [5, 5.41) is 19.7. The van der Waals surface area contributed by atoms with Crippen molar-refractivity contribution >= 4 is 56.8 Å². The second kappa shape index (κ2) is 9.82. The van der Waals surface area contributed by atoms with Crippen LogP contribution in [0.15, 0.2) is 65.1 Å². The minimum atomic E-state index is -1.02. The van der Waals surface area contributed by atoms with Crippen molar-refractivity contribution < 1.29 is 14.6 Å². The van der Waals surface area contributed by atoms with Crippen LogP contribution in [0.2, 0.25) is 10.0 Å². The lowest BCUT2D eigenvalue weighted by Crippen LogP contribution is -1.98. The van der Waals surface area contributed by atoms with Crippen LogP contribution in [0.4, 0.5) is 0 Å². The van der Waals surface area contributed by atoms with Gasteiger partial charge in [0.2, 0.25) is 0 Å². The van der Waals surface area contributed by atoms with E-state index in [1.54, 1.807) is 42.5 Å². The van der Waals surface area contributed by atoms with Gasteiger partial charge in [-0.15, -0.1) is 0 Å². The van der Waals surface area contributed by atoms with E-state index < -0.39 is 5.97 Å². The summed E-state index contributed by atoms with van der Waals surface area (Å²) in [7, 11) is 0. The summed E-state index contributed by atoms with van der Waals surface area (Å²) in [5.41, 5.74) is 2.60. The Bertz CT molecular complexity index is 1170. The quantitative estimate of drug-likeness (QED) is 0.288. The molecule has 3 aromatic rings. The number of carbonyl (C=O) groups is 1. The van der Waals surface area contributed by atoms with Gasteiger partial charge in [-0.1, -0.05) is 57.3 Å². The van der Waals surface area contributed by atoms with Crippen LogP contribution in [-0.2, 0) is 6.61 Å². The van der Waals surface area contributed by atoms with Gasteiger partial charge in [-0.05, 0) is 54.1 Å². The number of rotatable bonds is 6. The molecule has 150 valence electrons. The highest BCUT2D eigenvalue weighted by Crippen LogP contribution is 2.30. The van der Waals surface area contributed by atoms with Gasteiger partial charge in [-0.25, -0.2) is 4.79 Å². The van der Waals surface area contributed by atoms with Crippen LogP contribution in [0.1, 0.15) is 27.0 Å². The monoisotopic (exact) mass is 501 g/mol. The number of ether oxygens (including phenoxy) is 1. The lowest BCUT2D eigenvalue weighted by Gasteiger charge is -2.12. The second-order valence-corrected chi connectivity index (χ2v) is 8.02. The number of hydrogen-bond acceptors (Lipinski definition) is 3. The number of benzene rings is 3. The molecule has 0 aliphatic carbocycles. The molecular formula is C23H14BrCl2NO3. The van der Waals surface area contributed by atoms with Gasteiger partial charge < -0.3 is 9.84 Å². The molecule has 3 rings (SSSR count). The average molecular weight is 503 g/mol. The number of nitriles is 1. The maximum absolute atomic E-state index is 11.0. The third kappa shape index (κ3) is 5.43. The molecule has 0 aliphatic heterocycles. The molecule has 0 aliphatic rings. The molecule has 0 bridgehead atoms. The van der Waals surface area contributed by atoms with Gasteiger partial charge in [-0.2, -0.15) is 5.26 Å². The van der Waals surface area contributed by atoms with Gasteiger partial charge in [0.05, 0.1) is 17.2 Å². The molecule has 0 unspecified atom stereocenters. The van der Waals surface area contributed by atoms with Crippen molar-refractivity contribution in [2.24, 2.45) is 0 Å². The summed E-state index contributed by atoms with van der Waals surface area (Å²) in [6.07, 6.45) is 1.69. The summed E-state index contributed by atoms with van der Waals surface area (Å²) in [5.74, 6) is -0.452. The number of aromatic carboxylic acids is 1. The van der Waals surface area contributed by atoms with E-state index in [1.165, 1.54) is 12.1 Å². The number of carboxylic acid groups (broad SMARTS) is 1. The molecule has 0 amide bonds. The van der Waals surface area contributed by atoms with Crippen LogP contribution in [0.5, 0.6) is 5.75 Å². The minimum absolute atomic E-state index is 0.155. The molecule has 0 radical (unpaired) electrons. The fourth-order valence-corrected chi connectivity index (χ4v) is 3.53. The van der Waals surface area contributed by atoms with E-state index in [9.17, 15) is 10.1 Å². The van der Waals surface area contributed by atoms with E-state index in [1.807, 2.05) is 12.1 Å². The second-order valence-electron chi connectivity index (χ2n) is 6.26. The van der Waals surface area contributed by atoms with Gasteiger partial charge in [0.25, 0.3) is 0 Å². The first-order chi connectivity index (χ1) is 14.4. The van der Waals surface area contributed by atoms with Crippen LogP contribution in [0.3, 0.4) is 0 Å². The van der Waals surface area contributed by atoms with E-state index in [0.717, 1.165) is 10.0 Å². The van der Waals surface area contributed by atoms with Gasteiger partial charge >= 0.3 is 5.97 Å². The number of allylic oxidation sites excluding steroid dienone is 1. The van der Waals surface area contributed by atoms with Gasteiger partial charge in [0, 0.05) is 25.6 Å². The lowest BCUT2D eigenvalue weighted by atomic mass is 10.0. The Morgan fingerprint density at radius 2 is 1.77 bits per heavy atom. The normalized spacial score (nSPS) is 11.1. The maximum Gasteiger partial charge on any atom is 0.335 e. The zero-order chi connectivity index (χ0) is 21.7. The van der Waals surface area contributed by atoms with Crippen LogP contribution in [0, 0.1) is 11.3 Å². The van der Waals surface area contributed by atoms with Crippen molar-refractivity contribution in [3.8, 4) is 11.8 Å². The number of halogens is 3. The zero-order valence-corrected chi connectivity index (χ0v) is 18.5. The first kappa shape index (κ1) is 21.9. The maximum atomic E-state index is 11.0. The molecule has 7 heteroatoms. The van der Waals surface area contributed by atoms with Crippen molar-refractivity contribution in [1.29, 1.82) is 5.26 Å². The minimum Gasteiger partial charge on any atom is -0.488 e. The highest BCUT2D eigenvalue weighted by Gasteiger charge is 2.10. The molecule has 0 atom stereocenters. The lowest BCUT2D eigenvalue weighted by molar-refractivity contribution is 0.0697. The Labute approximate surface area is 192 Å². The van der Waals surface area contributed by atoms with Crippen molar-refractivity contribution in [3.63, 3.8) is 0 Å². The summed E-state index contributed by atoms with van der Waals surface area (Å²) in [6, 6.07) is 18.9. The largest absolute Gasteiger partial charge is 0.488 e. The molecule has 0 heterocycles. The van der Waals surface area contributed by atoms with Crippen molar-refractivity contribution in [1.82, 2.24) is 0 Å². The Morgan fingerprint density at radius 1 is 1.07 bits per heavy atom. The highest BCUT2D eigenvalue weighted by atomic mass is 79.9. The Morgan fingerprint density at radius 3 is 2.40 bits per heavy atom. The van der Waals surface area contributed by atoms with E-state index >= 15 is 0 Å². The molecule has 4 nitrogen and oxygen atoms in total. The Kier molecular flexibility index (Phi) is 7.17. The fourth-order valence-electron chi connectivity index (χ4n) is 2.69. The molecule has 0 fully saturated rings. The van der Waals surface area contributed by atoms with E-state index in [2.05, 4.69) is 22.0 Å². The molecule has 0 aromatic heterocycles. The molecule has 30 heavy (non-hydrogen) atoms. The highest BCUT2D eigenvalue weighted by molar-refractivity contribution is 9.10. The predicted octanol–water partition coefficient (Wildman–Crippen LogP) is 7.10.